The monoisotopic (exact) mass is 198 g/mol. The Morgan fingerprint density at radius 1 is 1.14 bits per heavy atom. The number of aliphatic hydroxyl groups excluding tert-OH is 1. The fourth-order valence-electron chi connectivity index (χ4n) is 1.20. The summed E-state index contributed by atoms with van der Waals surface area (Å²) < 4.78 is 5.48. The second kappa shape index (κ2) is 4.55. The summed E-state index contributed by atoms with van der Waals surface area (Å²) >= 11 is 0. The predicted octanol–water partition coefficient (Wildman–Crippen LogP) is 1.92. The minimum atomic E-state index is -0.0463. The molecule has 0 fully saturated rings. The highest BCUT2D eigenvalue weighted by Crippen LogP contribution is 2.24. The van der Waals surface area contributed by atoms with E-state index in [4.69, 9.17) is 9.52 Å². The van der Waals surface area contributed by atoms with E-state index in [2.05, 4.69) is 10.2 Å². The van der Waals surface area contributed by atoms with E-state index in [-0.39, 0.29) is 18.4 Å². The summed E-state index contributed by atoms with van der Waals surface area (Å²) in [5, 5.41) is 17.1. The topological polar surface area (TPSA) is 59.2 Å². The molecule has 1 unspecified atom stereocenters. The first-order valence-corrected chi connectivity index (χ1v) is 5.00. The number of aromatic nitrogens is 2. The Balaban J connectivity index is 2.84. The van der Waals surface area contributed by atoms with Crippen LogP contribution < -0.4 is 0 Å². The minimum Gasteiger partial charge on any atom is -0.425 e. The molecule has 0 aliphatic rings. The maximum Gasteiger partial charge on any atom is 0.222 e. The maximum atomic E-state index is 9.17. The summed E-state index contributed by atoms with van der Waals surface area (Å²) in [5.74, 6) is 1.68. The number of rotatable bonds is 4. The van der Waals surface area contributed by atoms with Gasteiger partial charge in [0.05, 0.1) is 12.5 Å². The van der Waals surface area contributed by atoms with Gasteiger partial charge in [-0.05, 0) is 5.92 Å². The van der Waals surface area contributed by atoms with Crippen molar-refractivity contribution in [1.82, 2.24) is 10.2 Å². The minimum absolute atomic E-state index is 0.0463. The van der Waals surface area contributed by atoms with Crippen molar-refractivity contribution < 1.29 is 9.52 Å². The lowest BCUT2D eigenvalue weighted by Crippen LogP contribution is -2.11. The number of nitrogens with zero attached hydrogens (tertiary/aromatic N) is 2. The lowest BCUT2D eigenvalue weighted by atomic mass is 9.97. The number of hydrogen-bond donors (Lipinski definition) is 1. The zero-order chi connectivity index (χ0) is 10.7. The van der Waals surface area contributed by atoms with E-state index in [1.54, 1.807) is 0 Å². The molecule has 1 aromatic rings. The standard InChI is InChI=1S/C10H18N2O2/c1-6(2)8(5-13)10-12-11-9(14-10)7(3)4/h6-8,13H,5H2,1-4H3. The summed E-state index contributed by atoms with van der Waals surface area (Å²) in [5.41, 5.74) is 0. The second-order valence-electron chi connectivity index (χ2n) is 4.17. The molecule has 0 saturated heterocycles. The zero-order valence-corrected chi connectivity index (χ0v) is 9.19. The van der Waals surface area contributed by atoms with E-state index in [1.807, 2.05) is 27.7 Å². The van der Waals surface area contributed by atoms with Crippen molar-refractivity contribution in [1.29, 1.82) is 0 Å². The number of hydrogen-bond acceptors (Lipinski definition) is 4. The van der Waals surface area contributed by atoms with E-state index in [0.717, 1.165) is 0 Å². The van der Waals surface area contributed by atoms with Crippen molar-refractivity contribution in [2.45, 2.75) is 39.5 Å². The Morgan fingerprint density at radius 3 is 2.07 bits per heavy atom. The molecular weight excluding hydrogens is 180 g/mol. The largest absolute Gasteiger partial charge is 0.425 e. The molecule has 0 spiro atoms. The fourth-order valence-corrected chi connectivity index (χ4v) is 1.20. The third-order valence-electron chi connectivity index (χ3n) is 2.27. The molecule has 0 radical (unpaired) electrons. The molecule has 0 aliphatic heterocycles. The molecule has 1 rings (SSSR count). The molecule has 1 atom stereocenters. The molecule has 4 heteroatoms. The Bertz CT molecular complexity index is 281. The highest BCUT2D eigenvalue weighted by atomic mass is 16.4. The summed E-state index contributed by atoms with van der Waals surface area (Å²) in [6, 6.07) is 0. The van der Waals surface area contributed by atoms with Gasteiger partial charge in [0, 0.05) is 5.92 Å². The van der Waals surface area contributed by atoms with Crippen LogP contribution in [0.2, 0.25) is 0 Å². The SMILES string of the molecule is CC(C)c1nnc(C(CO)C(C)C)o1. The van der Waals surface area contributed by atoms with Crippen LogP contribution in [-0.2, 0) is 0 Å². The van der Waals surface area contributed by atoms with Crippen molar-refractivity contribution in [3.8, 4) is 0 Å². The molecule has 1 aromatic heterocycles. The summed E-state index contributed by atoms with van der Waals surface area (Å²) in [4.78, 5) is 0. The van der Waals surface area contributed by atoms with Gasteiger partial charge in [0.25, 0.3) is 0 Å². The Morgan fingerprint density at radius 2 is 1.71 bits per heavy atom. The molecule has 0 aliphatic carbocycles. The van der Waals surface area contributed by atoms with Gasteiger partial charge in [0.15, 0.2) is 0 Å². The van der Waals surface area contributed by atoms with Crippen molar-refractivity contribution in [3.05, 3.63) is 11.8 Å². The van der Waals surface area contributed by atoms with Crippen LogP contribution in [-0.4, -0.2) is 21.9 Å². The lowest BCUT2D eigenvalue weighted by Gasteiger charge is -2.12. The third kappa shape index (κ3) is 2.32. The van der Waals surface area contributed by atoms with Crippen LogP contribution in [0.1, 0.15) is 51.3 Å². The van der Waals surface area contributed by atoms with Crippen LogP contribution in [0, 0.1) is 5.92 Å². The molecule has 4 nitrogen and oxygen atoms in total. The molecule has 0 saturated carbocycles. The smallest absolute Gasteiger partial charge is 0.222 e. The summed E-state index contributed by atoms with van der Waals surface area (Å²) in [6.07, 6.45) is 0. The van der Waals surface area contributed by atoms with Gasteiger partial charge in [-0.3, -0.25) is 0 Å². The maximum absolute atomic E-state index is 9.17. The van der Waals surface area contributed by atoms with E-state index < -0.39 is 0 Å². The first-order valence-electron chi connectivity index (χ1n) is 5.00. The van der Waals surface area contributed by atoms with E-state index in [9.17, 15) is 0 Å². The molecule has 1 heterocycles. The van der Waals surface area contributed by atoms with Crippen LogP contribution in [0.25, 0.3) is 0 Å². The van der Waals surface area contributed by atoms with Crippen molar-refractivity contribution >= 4 is 0 Å². The fraction of sp³-hybridized carbons (Fsp3) is 0.800. The van der Waals surface area contributed by atoms with E-state index in [0.29, 0.717) is 17.7 Å². The Hall–Kier alpha value is -0.900. The molecule has 80 valence electrons. The molecule has 0 amide bonds. The van der Waals surface area contributed by atoms with Gasteiger partial charge in [0.1, 0.15) is 0 Å². The average molecular weight is 198 g/mol. The first kappa shape index (κ1) is 11.2. The van der Waals surface area contributed by atoms with Crippen LogP contribution >= 0.6 is 0 Å². The van der Waals surface area contributed by atoms with Crippen LogP contribution in [0.5, 0.6) is 0 Å². The van der Waals surface area contributed by atoms with Gasteiger partial charge in [-0.2, -0.15) is 0 Å². The second-order valence-corrected chi connectivity index (χ2v) is 4.17. The summed E-state index contributed by atoms with van der Waals surface area (Å²) in [6.45, 7) is 8.11. The van der Waals surface area contributed by atoms with Gasteiger partial charge in [-0.15, -0.1) is 10.2 Å². The molecule has 1 N–H and O–H groups in total. The van der Waals surface area contributed by atoms with Crippen LogP contribution in [0.3, 0.4) is 0 Å². The summed E-state index contributed by atoms with van der Waals surface area (Å²) in [7, 11) is 0. The number of aliphatic hydroxyl groups is 1. The van der Waals surface area contributed by atoms with Gasteiger partial charge < -0.3 is 9.52 Å². The quantitative estimate of drug-likeness (QED) is 0.803. The van der Waals surface area contributed by atoms with Crippen LogP contribution in [0.4, 0.5) is 0 Å². The van der Waals surface area contributed by atoms with Crippen molar-refractivity contribution in [3.63, 3.8) is 0 Å². The lowest BCUT2D eigenvalue weighted by molar-refractivity contribution is 0.212. The van der Waals surface area contributed by atoms with Crippen LogP contribution in [0.15, 0.2) is 4.42 Å². The Kier molecular flexibility index (Phi) is 3.63. The highest BCUT2D eigenvalue weighted by molar-refractivity contribution is 4.95. The Labute approximate surface area is 84.3 Å². The highest BCUT2D eigenvalue weighted by Gasteiger charge is 2.21. The van der Waals surface area contributed by atoms with E-state index in [1.165, 1.54) is 0 Å². The van der Waals surface area contributed by atoms with Crippen molar-refractivity contribution in [2.75, 3.05) is 6.61 Å². The molecule has 0 bridgehead atoms. The van der Waals surface area contributed by atoms with Gasteiger partial charge in [-0.25, -0.2) is 0 Å². The van der Waals surface area contributed by atoms with Gasteiger partial charge in [-0.1, -0.05) is 27.7 Å². The normalized spacial score (nSPS) is 13.9. The van der Waals surface area contributed by atoms with Crippen molar-refractivity contribution in [2.24, 2.45) is 5.92 Å². The molecular formula is C10H18N2O2. The predicted molar refractivity (Wildman–Crippen MR) is 53.1 cm³/mol. The first-order chi connectivity index (χ1) is 6.56. The molecule has 0 aromatic carbocycles. The van der Waals surface area contributed by atoms with Gasteiger partial charge >= 0.3 is 0 Å². The molecule has 14 heavy (non-hydrogen) atoms. The zero-order valence-electron chi connectivity index (χ0n) is 9.19. The third-order valence-corrected chi connectivity index (χ3v) is 2.27. The van der Waals surface area contributed by atoms with Gasteiger partial charge in [0.2, 0.25) is 11.8 Å². The van der Waals surface area contributed by atoms with E-state index >= 15 is 0 Å². The average Bonchev–Trinajstić information content (AvgIpc) is 2.53.